The maximum Gasteiger partial charge on any atom is 0.251 e. The summed E-state index contributed by atoms with van der Waals surface area (Å²) in [5.41, 5.74) is 3.58. The highest BCUT2D eigenvalue weighted by molar-refractivity contribution is 7.21. The van der Waals surface area contributed by atoms with Crippen LogP contribution in [-0.4, -0.2) is 42.2 Å². The fraction of sp³-hybridized carbons (Fsp3) is 0.208. The number of carbonyl (C=O) groups is 1. The van der Waals surface area contributed by atoms with Crippen LogP contribution in [0.2, 0.25) is 0 Å². The van der Waals surface area contributed by atoms with Crippen molar-refractivity contribution in [2.75, 3.05) is 31.2 Å². The maximum atomic E-state index is 12.6. The first-order valence-corrected chi connectivity index (χ1v) is 11.1. The van der Waals surface area contributed by atoms with E-state index in [1.165, 1.54) is 0 Å². The molecule has 2 aromatic carbocycles. The van der Waals surface area contributed by atoms with Crippen molar-refractivity contribution in [3.8, 4) is 10.6 Å². The molecule has 0 bridgehead atoms. The van der Waals surface area contributed by atoms with Crippen molar-refractivity contribution < 1.29 is 9.53 Å². The van der Waals surface area contributed by atoms with E-state index in [-0.39, 0.29) is 5.91 Å². The minimum absolute atomic E-state index is 0.0859. The summed E-state index contributed by atoms with van der Waals surface area (Å²) >= 11 is 1.57. The average molecular weight is 431 g/mol. The first-order valence-electron chi connectivity index (χ1n) is 10.3. The summed E-state index contributed by atoms with van der Waals surface area (Å²) in [5.74, 6) is 0.878. The zero-order valence-corrected chi connectivity index (χ0v) is 17.8. The Kier molecular flexibility index (Phi) is 5.60. The molecule has 1 amide bonds. The average Bonchev–Trinajstić information content (AvgIpc) is 3.27. The molecule has 6 nitrogen and oxygen atoms in total. The lowest BCUT2D eigenvalue weighted by Gasteiger charge is -2.27. The molecule has 1 aliphatic rings. The van der Waals surface area contributed by atoms with E-state index in [4.69, 9.17) is 9.72 Å². The number of nitrogens with one attached hydrogen (secondary N) is 1. The van der Waals surface area contributed by atoms with Crippen molar-refractivity contribution in [3.63, 3.8) is 0 Å². The number of morpholine rings is 1. The summed E-state index contributed by atoms with van der Waals surface area (Å²) < 4.78 is 6.39. The van der Waals surface area contributed by atoms with Gasteiger partial charge in [-0.3, -0.25) is 4.79 Å². The molecular formula is C24H22N4O2S. The Bertz CT molecular complexity index is 1190. The Balaban J connectivity index is 1.31. The van der Waals surface area contributed by atoms with Crippen LogP contribution in [0.25, 0.3) is 20.8 Å². The lowest BCUT2D eigenvalue weighted by atomic mass is 10.2. The largest absolute Gasteiger partial charge is 0.378 e. The highest BCUT2D eigenvalue weighted by atomic mass is 32.1. The Morgan fingerprint density at radius 1 is 1.06 bits per heavy atom. The number of carbonyl (C=O) groups excluding carboxylic acids is 1. The number of hydrogen-bond acceptors (Lipinski definition) is 6. The summed E-state index contributed by atoms with van der Waals surface area (Å²) in [6, 6.07) is 19.6. The molecule has 1 aliphatic heterocycles. The topological polar surface area (TPSA) is 67.4 Å². The van der Waals surface area contributed by atoms with E-state index in [0.717, 1.165) is 58.5 Å². The number of thiazole rings is 1. The summed E-state index contributed by atoms with van der Waals surface area (Å²) in [4.78, 5) is 24.2. The number of anilines is 1. The molecule has 2 aromatic heterocycles. The van der Waals surface area contributed by atoms with E-state index in [0.29, 0.717) is 12.1 Å². The van der Waals surface area contributed by atoms with Crippen LogP contribution in [0.1, 0.15) is 15.9 Å². The molecule has 156 valence electrons. The summed E-state index contributed by atoms with van der Waals surface area (Å²) in [5, 5.41) is 3.88. The molecule has 0 unspecified atom stereocenters. The molecule has 0 aliphatic carbocycles. The van der Waals surface area contributed by atoms with Gasteiger partial charge in [0.25, 0.3) is 5.91 Å². The number of hydrogen-bond donors (Lipinski definition) is 1. The predicted molar refractivity (Wildman–Crippen MR) is 123 cm³/mol. The van der Waals surface area contributed by atoms with Gasteiger partial charge >= 0.3 is 0 Å². The van der Waals surface area contributed by atoms with Gasteiger partial charge in [-0.25, -0.2) is 9.97 Å². The van der Waals surface area contributed by atoms with Crippen molar-refractivity contribution in [3.05, 3.63) is 78.0 Å². The molecule has 0 saturated carbocycles. The second-order valence-electron chi connectivity index (χ2n) is 7.37. The van der Waals surface area contributed by atoms with Gasteiger partial charge in [0.2, 0.25) is 0 Å². The molecule has 3 heterocycles. The summed E-state index contributed by atoms with van der Waals surface area (Å²) in [6.07, 6.45) is 1.87. The highest BCUT2D eigenvalue weighted by Crippen LogP contribution is 2.31. The molecule has 0 spiro atoms. The van der Waals surface area contributed by atoms with Crippen molar-refractivity contribution in [1.82, 2.24) is 15.3 Å². The minimum atomic E-state index is -0.0859. The molecular weight excluding hydrogens is 408 g/mol. The van der Waals surface area contributed by atoms with Gasteiger partial charge in [-0.05, 0) is 35.9 Å². The van der Waals surface area contributed by atoms with E-state index in [2.05, 4.69) is 21.3 Å². The number of fused-ring (bicyclic) bond motifs is 1. The third-order valence-corrected chi connectivity index (χ3v) is 6.34. The number of pyridine rings is 1. The van der Waals surface area contributed by atoms with Crippen molar-refractivity contribution in [2.24, 2.45) is 0 Å². The van der Waals surface area contributed by atoms with E-state index in [1.807, 2.05) is 60.8 Å². The van der Waals surface area contributed by atoms with Gasteiger partial charge in [0.1, 0.15) is 10.8 Å². The lowest BCUT2D eigenvalue weighted by Crippen LogP contribution is -2.36. The highest BCUT2D eigenvalue weighted by Gasteiger charge is 2.14. The molecule has 5 rings (SSSR count). The monoisotopic (exact) mass is 430 g/mol. The molecule has 4 aromatic rings. The van der Waals surface area contributed by atoms with Crippen LogP contribution in [0.5, 0.6) is 0 Å². The Morgan fingerprint density at radius 2 is 1.90 bits per heavy atom. The Morgan fingerprint density at radius 3 is 2.68 bits per heavy atom. The van der Waals surface area contributed by atoms with Crippen LogP contribution in [0.15, 0.2) is 66.9 Å². The van der Waals surface area contributed by atoms with Crippen LogP contribution in [0, 0.1) is 0 Å². The van der Waals surface area contributed by atoms with E-state index >= 15 is 0 Å². The van der Waals surface area contributed by atoms with E-state index in [9.17, 15) is 4.79 Å². The van der Waals surface area contributed by atoms with Crippen LogP contribution < -0.4 is 10.2 Å². The van der Waals surface area contributed by atoms with Gasteiger partial charge in [-0.15, -0.1) is 11.3 Å². The van der Waals surface area contributed by atoms with Crippen LogP contribution >= 0.6 is 11.3 Å². The van der Waals surface area contributed by atoms with Crippen LogP contribution in [-0.2, 0) is 11.3 Å². The van der Waals surface area contributed by atoms with Crippen LogP contribution in [0.4, 0.5) is 5.82 Å². The van der Waals surface area contributed by atoms with Gasteiger partial charge in [-0.1, -0.05) is 30.3 Å². The Hall–Kier alpha value is -3.29. The number of amides is 1. The third kappa shape index (κ3) is 4.42. The van der Waals surface area contributed by atoms with Gasteiger partial charge < -0.3 is 15.0 Å². The molecule has 1 fully saturated rings. The van der Waals surface area contributed by atoms with Crippen molar-refractivity contribution in [1.29, 1.82) is 0 Å². The second-order valence-corrected chi connectivity index (χ2v) is 8.40. The zero-order valence-electron chi connectivity index (χ0n) is 17.0. The zero-order chi connectivity index (χ0) is 21.0. The minimum Gasteiger partial charge on any atom is -0.378 e. The quantitative estimate of drug-likeness (QED) is 0.516. The second kappa shape index (κ2) is 8.83. The van der Waals surface area contributed by atoms with E-state index < -0.39 is 0 Å². The molecule has 0 atom stereocenters. The number of rotatable bonds is 5. The standard InChI is InChI=1S/C24H22N4O2S/c29-23(26-15-17-4-2-1-3-5-17)18-6-8-20-21(14-18)31-24(27-20)19-7-9-22(25-16-19)28-10-12-30-13-11-28/h1-9,14,16H,10-13,15H2,(H,26,29). The lowest BCUT2D eigenvalue weighted by molar-refractivity contribution is 0.0951. The summed E-state index contributed by atoms with van der Waals surface area (Å²) in [7, 11) is 0. The SMILES string of the molecule is O=C(NCc1ccccc1)c1ccc2nc(-c3ccc(N4CCOCC4)nc3)sc2c1. The number of benzene rings is 2. The molecule has 0 radical (unpaired) electrons. The van der Waals surface area contributed by atoms with Crippen molar-refractivity contribution in [2.45, 2.75) is 6.54 Å². The summed E-state index contributed by atoms with van der Waals surface area (Å²) in [6.45, 7) is 3.71. The fourth-order valence-corrected chi connectivity index (χ4v) is 4.56. The number of aromatic nitrogens is 2. The Labute approximate surface area is 184 Å². The van der Waals surface area contributed by atoms with Gasteiger partial charge in [0.05, 0.1) is 23.4 Å². The molecule has 7 heteroatoms. The number of nitrogens with zero attached hydrogens (tertiary/aromatic N) is 3. The van der Waals surface area contributed by atoms with Gasteiger partial charge in [-0.2, -0.15) is 0 Å². The predicted octanol–water partition coefficient (Wildman–Crippen LogP) is 4.12. The molecule has 31 heavy (non-hydrogen) atoms. The first-order chi connectivity index (χ1) is 15.3. The maximum absolute atomic E-state index is 12.6. The normalized spacial score (nSPS) is 14.0. The van der Waals surface area contributed by atoms with Crippen molar-refractivity contribution >= 4 is 33.3 Å². The molecule has 1 saturated heterocycles. The number of ether oxygens (including phenoxy) is 1. The fourth-order valence-electron chi connectivity index (χ4n) is 3.56. The van der Waals surface area contributed by atoms with Crippen LogP contribution in [0.3, 0.4) is 0 Å². The third-order valence-electron chi connectivity index (χ3n) is 5.28. The van der Waals surface area contributed by atoms with Gasteiger partial charge in [0, 0.05) is 37.0 Å². The first kappa shape index (κ1) is 19.7. The molecule has 1 N–H and O–H groups in total. The van der Waals surface area contributed by atoms with Gasteiger partial charge in [0.15, 0.2) is 0 Å². The van der Waals surface area contributed by atoms with E-state index in [1.54, 1.807) is 11.3 Å². The smallest absolute Gasteiger partial charge is 0.251 e.